The summed E-state index contributed by atoms with van der Waals surface area (Å²) in [6, 6.07) is 0. The molecule has 0 aromatic heterocycles. The Morgan fingerprint density at radius 2 is 2.17 bits per heavy atom. The minimum Gasteiger partial charge on any atom is -0.364 e. The first-order chi connectivity index (χ1) is 11.1. The lowest BCUT2D eigenvalue weighted by atomic mass is 9.72. The number of aliphatic hydroxyl groups excluding tert-OH is 1. The first kappa shape index (κ1) is 16.9. The van der Waals surface area contributed by atoms with Gasteiger partial charge in [0.1, 0.15) is 0 Å². The molecule has 0 amide bonds. The summed E-state index contributed by atoms with van der Waals surface area (Å²) in [5, 5.41) is 10.3. The van der Waals surface area contributed by atoms with Crippen LogP contribution in [0.2, 0.25) is 0 Å². The molecule has 2 heterocycles. The third-order valence-corrected chi connectivity index (χ3v) is 5.55. The monoisotopic (exact) mass is 318 g/mol. The van der Waals surface area contributed by atoms with Gasteiger partial charge >= 0.3 is 0 Å². The Hall–Kier alpha value is -0.900. The maximum Gasteiger partial charge on any atom is 0.180 e. The maximum atomic E-state index is 10.3. The van der Waals surface area contributed by atoms with Crippen LogP contribution < -0.4 is 0 Å². The molecule has 0 bridgehead atoms. The highest BCUT2D eigenvalue weighted by Crippen LogP contribution is 2.47. The van der Waals surface area contributed by atoms with E-state index < -0.39 is 6.29 Å². The van der Waals surface area contributed by atoms with Crippen LogP contribution in [0.1, 0.15) is 52.9 Å². The lowest BCUT2D eigenvalue weighted by Gasteiger charge is -2.39. The lowest BCUT2D eigenvalue weighted by Crippen LogP contribution is -2.40. The van der Waals surface area contributed by atoms with Crippen LogP contribution in [0.4, 0.5) is 0 Å². The van der Waals surface area contributed by atoms with Crippen molar-refractivity contribution in [2.24, 2.45) is 17.8 Å². The van der Waals surface area contributed by atoms with Crippen molar-refractivity contribution >= 4 is 0 Å². The second kappa shape index (κ2) is 7.33. The minimum atomic E-state index is -0.782. The van der Waals surface area contributed by atoms with Crippen molar-refractivity contribution in [2.45, 2.75) is 65.5 Å². The van der Waals surface area contributed by atoms with Crippen molar-refractivity contribution in [3.8, 4) is 0 Å². The van der Waals surface area contributed by atoms with Crippen LogP contribution in [0, 0.1) is 17.8 Å². The average molecular weight is 318 g/mol. The van der Waals surface area contributed by atoms with E-state index in [1.54, 1.807) is 0 Å². The molecule has 0 aromatic carbocycles. The Balaban J connectivity index is 1.81. The molecule has 0 spiro atoms. The Morgan fingerprint density at radius 1 is 1.35 bits per heavy atom. The predicted octanol–water partition coefficient (Wildman–Crippen LogP) is 4.34. The number of hydrogen-bond acceptors (Lipinski definition) is 3. The molecule has 0 saturated carbocycles. The Morgan fingerprint density at radius 3 is 2.96 bits per heavy atom. The van der Waals surface area contributed by atoms with Gasteiger partial charge in [0.2, 0.25) is 0 Å². The number of allylic oxidation sites excluding steroid dienone is 5. The molecule has 0 unspecified atom stereocenters. The van der Waals surface area contributed by atoms with E-state index in [0.29, 0.717) is 11.8 Å². The molecule has 5 atom stereocenters. The molecule has 3 nitrogen and oxygen atoms in total. The molecule has 2 saturated heterocycles. The Bertz CT molecular complexity index is 513. The summed E-state index contributed by atoms with van der Waals surface area (Å²) < 4.78 is 11.7. The molecule has 0 aromatic rings. The first-order valence-corrected chi connectivity index (χ1v) is 9.00. The molecule has 0 radical (unpaired) electrons. The van der Waals surface area contributed by atoms with Crippen LogP contribution in [0.25, 0.3) is 0 Å². The minimum absolute atomic E-state index is 0.231. The van der Waals surface area contributed by atoms with E-state index in [1.807, 2.05) is 0 Å². The number of rotatable bonds is 3. The highest BCUT2D eigenvalue weighted by Gasteiger charge is 2.49. The summed E-state index contributed by atoms with van der Waals surface area (Å²) in [6.07, 6.45) is 11.2. The average Bonchev–Trinajstić information content (AvgIpc) is 2.85. The van der Waals surface area contributed by atoms with Crippen molar-refractivity contribution < 1.29 is 14.6 Å². The number of hydrogen-bond donors (Lipinski definition) is 1. The van der Waals surface area contributed by atoms with Crippen LogP contribution >= 0.6 is 0 Å². The fourth-order valence-corrected chi connectivity index (χ4v) is 4.27. The van der Waals surface area contributed by atoms with Gasteiger partial charge < -0.3 is 14.6 Å². The SMILES string of the molecule is CC(C)=CCC[C@H]1CO[C@@H]2O[C@@H](O)/C3=C/C/C=C(\C)CC[C@@H]1[C@@H]32. The normalized spacial score (nSPS) is 41.5. The zero-order chi connectivity index (χ0) is 16.4. The van der Waals surface area contributed by atoms with Crippen molar-refractivity contribution in [3.05, 3.63) is 34.9 Å². The molecule has 128 valence electrons. The largest absolute Gasteiger partial charge is 0.364 e. The van der Waals surface area contributed by atoms with Crippen LogP contribution in [0.5, 0.6) is 0 Å². The first-order valence-electron chi connectivity index (χ1n) is 9.00. The van der Waals surface area contributed by atoms with E-state index in [9.17, 15) is 5.11 Å². The highest BCUT2D eigenvalue weighted by molar-refractivity contribution is 5.21. The second-order valence-electron chi connectivity index (χ2n) is 7.53. The highest BCUT2D eigenvalue weighted by atomic mass is 16.7. The second-order valence-corrected chi connectivity index (χ2v) is 7.53. The van der Waals surface area contributed by atoms with Crippen molar-refractivity contribution in [2.75, 3.05) is 6.61 Å². The van der Waals surface area contributed by atoms with Gasteiger partial charge in [0.25, 0.3) is 0 Å². The summed E-state index contributed by atoms with van der Waals surface area (Å²) in [5.74, 6) is 1.33. The van der Waals surface area contributed by atoms with Crippen LogP contribution in [-0.4, -0.2) is 24.3 Å². The van der Waals surface area contributed by atoms with Gasteiger partial charge in [0.05, 0.1) is 6.61 Å². The van der Waals surface area contributed by atoms with Crippen molar-refractivity contribution in [1.82, 2.24) is 0 Å². The quantitative estimate of drug-likeness (QED) is 0.787. The van der Waals surface area contributed by atoms with Crippen molar-refractivity contribution in [1.29, 1.82) is 0 Å². The molecular formula is C20H30O3. The maximum absolute atomic E-state index is 10.3. The fraction of sp³-hybridized carbons (Fsp3) is 0.700. The molecular weight excluding hydrogens is 288 g/mol. The number of aliphatic hydroxyl groups is 1. The van der Waals surface area contributed by atoms with E-state index in [1.165, 1.54) is 17.6 Å². The molecule has 2 aliphatic heterocycles. The Kier molecular flexibility index (Phi) is 5.40. The molecule has 23 heavy (non-hydrogen) atoms. The summed E-state index contributed by atoms with van der Waals surface area (Å²) in [7, 11) is 0. The lowest BCUT2D eigenvalue weighted by molar-refractivity contribution is -0.224. The summed E-state index contributed by atoms with van der Waals surface area (Å²) in [6.45, 7) is 7.29. The third-order valence-electron chi connectivity index (χ3n) is 5.55. The molecule has 1 N–H and O–H groups in total. The van der Waals surface area contributed by atoms with E-state index in [-0.39, 0.29) is 12.2 Å². The topological polar surface area (TPSA) is 38.7 Å². The van der Waals surface area contributed by atoms with Gasteiger partial charge in [-0.1, -0.05) is 29.4 Å². The van der Waals surface area contributed by atoms with Gasteiger partial charge in [-0.15, -0.1) is 0 Å². The van der Waals surface area contributed by atoms with Crippen LogP contribution in [-0.2, 0) is 9.47 Å². The van der Waals surface area contributed by atoms with E-state index >= 15 is 0 Å². The molecule has 1 aliphatic carbocycles. The summed E-state index contributed by atoms with van der Waals surface area (Å²) >= 11 is 0. The zero-order valence-electron chi connectivity index (χ0n) is 14.6. The fourth-order valence-electron chi connectivity index (χ4n) is 4.27. The molecule has 2 fully saturated rings. The van der Waals surface area contributed by atoms with E-state index in [2.05, 4.69) is 39.0 Å². The zero-order valence-corrected chi connectivity index (χ0v) is 14.6. The van der Waals surface area contributed by atoms with Gasteiger partial charge in [-0.3, -0.25) is 0 Å². The molecule has 3 rings (SSSR count). The molecule has 3 aliphatic rings. The van der Waals surface area contributed by atoms with E-state index in [4.69, 9.17) is 9.47 Å². The predicted molar refractivity (Wildman–Crippen MR) is 91.7 cm³/mol. The third kappa shape index (κ3) is 3.78. The van der Waals surface area contributed by atoms with Crippen LogP contribution in [0.3, 0.4) is 0 Å². The standard InChI is InChI=1S/C20H30O3/c1-13(2)6-4-8-15-12-22-20-18-16(15)11-10-14(3)7-5-9-17(18)19(21)23-20/h6-7,9,15-16,18-21H,4-5,8,10-12H2,1-3H3/b14-7+,17-9+/t15-,16-,18-,19+,20+/m0/s1. The van der Waals surface area contributed by atoms with Gasteiger partial charge in [-0.2, -0.15) is 0 Å². The smallest absolute Gasteiger partial charge is 0.180 e. The van der Waals surface area contributed by atoms with Gasteiger partial charge in [-0.05, 0) is 70.3 Å². The van der Waals surface area contributed by atoms with Crippen molar-refractivity contribution in [3.63, 3.8) is 0 Å². The van der Waals surface area contributed by atoms with E-state index in [0.717, 1.165) is 37.9 Å². The van der Waals surface area contributed by atoms with Gasteiger partial charge in [0.15, 0.2) is 12.6 Å². The summed E-state index contributed by atoms with van der Waals surface area (Å²) in [5.41, 5.74) is 3.90. The van der Waals surface area contributed by atoms with Crippen LogP contribution in [0.15, 0.2) is 34.9 Å². The summed E-state index contributed by atoms with van der Waals surface area (Å²) in [4.78, 5) is 0. The number of ether oxygens (including phenoxy) is 2. The van der Waals surface area contributed by atoms with Gasteiger partial charge in [0, 0.05) is 5.92 Å². The Labute approximate surface area is 140 Å². The molecule has 3 heteroatoms. The van der Waals surface area contributed by atoms with Gasteiger partial charge in [-0.25, -0.2) is 0 Å².